The fourth-order valence-electron chi connectivity index (χ4n) is 4.84. The molecule has 3 rings (SSSR count). The molecule has 1 saturated heterocycles. The number of piperidine rings is 1. The quantitative estimate of drug-likeness (QED) is 0.873. The van der Waals surface area contributed by atoms with Gasteiger partial charge in [0.2, 0.25) is 0 Å². The van der Waals surface area contributed by atoms with Crippen LogP contribution in [0.1, 0.15) is 69.4 Å². The van der Waals surface area contributed by atoms with E-state index in [4.69, 9.17) is 16.2 Å². The number of ether oxygens (including phenoxy) is 1. The highest BCUT2D eigenvalue weighted by atomic mass is 16.5. The Morgan fingerprint density at radius 2 is 1.84 bits per heavy atom. The Hall–Kier alpha value is -1.33. The fourth-order valence-corrected chi connectivity index (χ4v) is 4.84. The molecule has 1 aromatic heterocycles. The van der Waals surface area contributed by atoms with E-state index in [1.54, 1.807) is 0 Å². The standard InChI is InChI=1S/C20H34N4O/c1-4-25-16-5-9-20(3,10-6-16)24-11-7-15(8-12-24)17-14(2)13-23-19(22)18(17)21/h13,15-16H,4-12,21H2,1-3H3,(H2,22,23)/t16-,20-. The zero-order valence-corrected chi connectivity index (χ0v) is 16.1. The van der Waals surface area contributed by atoms with Crippen LogP contribution in [0.25, 0.3) is 0 Å². The van der Waals surface area contributed by atoms with Crippen LogP contribution in [-0.2, 0) is 4.74 Å². The van der Waals surface area contributed by atoms with Gasteiger partial charge < -0.3 is 16.2 Å². The molecular weight excluding hydrogens is 312 g/mol. The van der Waals surface area contributed by atoms with E-state index in [9.17, 15) is 0 Å². The Morgan fingerprint density at radius 1 is 1.20 bits per heavy atom. The predicted octanol–water partition coefficient (Wildman–Crippen LogP) is 3.47. The topological polar surface area (TPSA) is 77.4 Å². The number of nitrogen functional groups attached to an aromatic ring is 2. The summed E-state index contributed by atoms with van der Waals surface area (Å²) < 4.78 is 5.83. The molecule has 0 unspecified atom stereocenters. The summed E-state index contributed by atoms with van der Waals surface area (Å²) in [5.41, 5.74) is 15.6. The van der Waals surface area contributed by atoms with Crippen LogP contribution >= 0.6 is 0 Å². The van der Waals surface area contributed by atoms with Crippen LogP contribution in [0.15, 0.2) is 6.20 Å². The van der Waals surface area contributed by atoms with Crippen molar-refractivity contribution < 1.29 is 4.74 Å². The molecule has 1 saturated carbocycles. The van der Waals surface area contributed by atoms with Crippen LogP contribution in [0.3, 0.4) is 0 Å². The molecule has 1 aromatic rings. The van der Waals surface area contributed by atoms with Crippen molar-refractivity contribution in [2.24, 2.45) is 0 Å². The van der Waals surface area contributed by atoms with E-state index in [1.165, 1.54) is 36.8 Å². The number of nitrogens with zero attached hydrogens (tertiary/aromatic N) is 2. The number of hydrogen-bond acceptors (Lipinski definition) is 5. The number of likely N-dealkylation sites (tertiary alicyclic amines) is 1. The molecule has 0 spiro atoms. The maximum atomic E-state index is 6.25. The third kappa shape index (κ3) is 3.77. The van der Waals surface area contributed by atoms with Gasteiger partial charge in [-0.25, -0.2) is 4.98 Å². The van der Waals surface area contributed by atoms with Crippen LogP contribution in [0, 0.1) is 6.92 Å². The molecule has 5 nitrogen and oxygen atoms in total. The second-order valence-electron chi connectivity index (χ2n) is 8.07. The number of anilines is 2. The van der Waals surface area contributed by atoms with E-state index < -0.39 is 0 Å². The zero-order chi connectivity index (χ0) is 18.0. The lowest BCUT2D eigenvalue weighted by molar-refractivity contribution is -0.0250. The molecule has 2 aliphatic rings. The third-order valence-electron chi connectivity index (χ3n) is 6.47. The Kier molecular flexibility index (Phi) is 5.54. The van der Waals surface area contributed by atoms with Gasteiger partial charge in [-0.2, -0.15) is 0 Å². The number of nitrogens with two attached hydrogens (primary N) is 2. The molecule has 4 N–H and O–H groups in total. The van der Waals surface area contributed by atoms with Crippen LogP contribution in [-0.4, -0.2) is 41.2 Å². The van der Waals surface area contributed by atoms with Gasteiger partial charge >= 0.3 is 0 Å². The predicted molar refractivity (Wildman–Crippen MR) is 104 cm³/mol. The fraction of sp³-hybridized carbons (Fsp3) is 0.750. The SMILES string of the molecule is CCO[C@H]1CC[C@](C)(N2CCC(c3c(C)cnc(N)c3N)CC2)CC1. The van der Waals surface area contributed by atoms with Crippen molar-refractivity contribution >= 4 is 11.5 Å². The Morgan fingerprint density at radius 3 is 2.44 bits per heavy atom. The Bertz CT molecular complexity index is 588. The summed E-state index contributed by atoms with van der Waals surface area (Å²) in [6.07, 6.45) is 9.51. The first-order valence-corrected chi connectivity index (χ1v) is 9.81. The smallest absolute Gasteiger partial charge is 0.146 e. The Balaban J connectivity index is 1.62. The minimum atomic E-state index is 0.330. The van der Waals surface area contributed by atoms with Crippen molar-refractivity contribution in [3.8, 4) is 0 Å². The van der Waals surface area contributed by atoms with Crippen LogP contribution < -0.4 is 11.5 Å². The van der Waals surface area contributed by atoms with Crippen LogP contribution in [0.5, 0.6) is 0 Å². The van der Waals surface area contributed by atoms with E-state index in [0.29, 0.717) is 29.1 Å². The molecule has 1 aliphatic carbocycles. The lowest BCUT2D eigenvalue weighted by Crippen LogP contribution is -2.52. The lowest BCUT2D eigenvalue weighted by Gasteiger charge is -2.48. The van der Waals surface area contributed by atoms with E-state index >= 15 is 0 Å². The number of aryl methyl sites for hydroxylation is 1. The highest BCUT2D eigenvalue weighted by molar-refractivity contribution is 5.65. The van der Waals surface area contributed by atoms with Crippen molar-refractivity contribution in [1.82, 2.24) is 9.88 Å². The van der Waals surface area contributed by atoms with E-state index in [-0.39, 0.29) is 0 Å². The van der Waals surface area contributed by atoms with Gasteiger partial charge in [0.15, 0.2) is 0 Å². The molecule has 0 aromatic carbocycles. The maximum Gasteiger partial charge on any atom is 0.146 e. The summed E-state index contributed by atoms with van der Waals surface area (Å²) in [4.78, 5) is 6.90. The van der Waals surface area contributed by atoms with Gasteiger partial charge in [-0.3, -0.25) is 4.90 Å². The second-order valence-corrected chi connectivity index (χ2v) is 8.07. The molecule has 1 aliphatic heterocycles. The molecule has 2 heterocycles. The first kappa shape index (κ1) is 18.5. The molecule has 2 fully saturated rings. The molecule has 0 amide bonds. The van der Waals surface area contributed by atoms with Gasteiger partial charge in [0.1, 0.15) is 5.82 Å². The van der Waals surface area contributed by atoms with Crippen LogP contribution in [0.2, 0.25) is 0 Å². The normalized spacial score (nSPS) is 29.0. The Labute approximate surface area is 152 Å². The largest absolute Gasteiger partial charge is 0.396 e. The van der Waals surface area contributed by atoms with Gasteiger partial charge in [0.25, 0.3) is 0 Å². The highest BCUT2D eigenvalue weighted by Crippen LogP contribution is 2.41. The summed E-state index contributed by atoms with van der Waals surface area (Å²) in [5, 5.41) is 0. The zero-order valence-electron chi connectivity index (χ0n) is 16.1. The highest BCUT2D eigenvalue weighted by Gasteiger charge is 2.38. The molecule has 0 atom stereocenters. The van der Waals surface area contributed by atoms with Crippen molar-refractivity contribution in [1.29, 1.82) is 0 Å². The number of pyridine rings is 1. The average Bonchev–Trinajstić information content (AvgIpc) is 2.61. The van der Waals surface area contributed by atoms with Crippen molar-refractivity contribution in [2.45, 2.75) is 76.9 Å². The molecule has 0 radical (unpaired) electrons. The maximum absolute atomic E-state index is 6.25. The van der Waals surface area contributed by atoms with E-state index in [0.717, 1.165) is 32.5 Å². The second kappa shape index (κ2) is 7.50. The minimum Gasteiger partial charge on any atom is -0.396 e. The summed E-state index contributed by atoms with van der Waals surface area (Å²) in [6.45, 7) is 9.75. The first-order valence-electron chi connectivity index (χ1n) is 9.81. The monoisotopic (exact) mass is 346 g/mol. The lowest BCUT2D eigenvalue weighted by atomic mass is 9.78. The van der Waals surface area contributed by atoms with E-state index in [1.807, 2.05) is 6.20 Å². The van der Waals surface area contributed by atoms with Gasteiger partial charge in [-0.15, -0.1) is 0 Å². The van der Waals surface area contributed by atoms with Crippen molar-refractivity contribution in [3.05, 3.63) is 17.3 Å². The van der Waals surface area contributed by atoms with Crippen LogP contribution in [0.4, 0.5) is 11.5 Å². The summed E-state index contributed by atoms with van der Waals surface area (Å²) in [6, 6.07) is 0. The summed E-state index contributed by atoms with van der Waals surface area (Å²) in [7, 11) is 0. The molecule has 5 heteroatoms. The number of rotatable bonds is 4. The summed E-state index contributed by atoms with van der Waals surface area (Å²) in [5.74, 6) is 0.981. The minimum absolute atomic E-state index is 0.330. The van der Waals surface area contributed by atoms with Gasteiger partial charge in [-0.1, -0.05) is 0 Å². The van der Waals surface area contributed by atoms with Crippen molar-refractivity contribution in [2.75, 3.05) is 31.2 Å². The first-order chi connectivity index (χ1) is 11.9. The molecule has 140 valence electrons. The number of aromatic nitrogens is 1. The van der Waals surface area contributed by atoms with Gasteiger partial charge in [0, 0.05) is 18.3 Å². The summed E-state index contributed by atoms with van der Waals surface area (Å²) >= 11 is 0. The molecule has 0 bridgehead atoms. The number of hydrogen-bond donors (Lipinski definition) is 2. The van der Waals surface area contributed by atoms with Gasteiger partial charge in [0.05, 0.1) is 11.8 Å². The molecular formula is C20H34N4O. The third-order valence-corrected chi connectivity index (χ3v) is 6.47. The van der Waals surface area contributed by atoms with E-state index in [2.05, 4.69) is 30.7 Å². The van der Waals surface area contributed by atoms with Crippen molar-refractivity contribution in [3.63, 3.8) is 0 Å². The molecule has 25 heavy (non-hydrogen) atoms. The average molecular weight is 347 g/mol. The van der Waals surface area contributed by atoms with Gasteiger partial charge in [-0.05, 0) is 89.4 Å².